The molecule has 1 unspecified atom stereocenters. The minimum Gasteiger partial charge on any atom is -0.492 e. The predicted molar refractivity (Wildman–Crippen MR) is 117 cm³/mol. The minimum atomic E-state index is -0.710. The van der Waals surface area contributed by atoms with Crippen molar-refractivity contribution in [2.24, 2.45) is 0 Å². The van der Waals surface area contributed by atoms with Crippen molar-refractivity contribution in [3.05, 3.63) is 30.0 Å². The Morgan fingerprint density at radius 2 is 2.03 bits per heavy atom. The normalized spacial score (nSPS) is 12.1. The first-order chi connectivity index (χ1) is 13.8. The van der Waals surface area contributed by atoms with Gasteiger partial charge in [-0.05, 0) is 57.7 Å². The van der Waals surface area contributed by atoms with Gasteiger partial charge in [-0.2, -0.15) is 0 Å². The van der Waals surface area contributed by atoms with E-state index in [0.29, 0.717) is 24.7 Å². The molecule has 1 heterocycles. The molecule has 1 atom stereocenters. The van der Waals surface area contributed by atoms with Gasteiger partial charge in [-0.25, -0.2) is 0 Å². The highest BCUT2D eigenvalue weighted by atomic mass is 32.2. The van der Waals surface area contributed by atoms with E-state index in [2.05, 4.69) is 22.1 Å². The van der Waals surface area contributed by atoms with Gasteiger partial charge in [-0.1, -0.05) is 11.8 Å². The molecule has 1 aromatic carbocycles. The number of carbonyl (C=O) groups is 1. The Balaban J connectivity index is 2.20. The first-order valence-electron chi connectivity index (χ1n) is 9.33. The van der Waals surface area contributed by atoms with E-state index in [1.54, 1.807) is 13.3 Å². The van der Waals surface area contributed by atoms with Crippen LogP contribution < -0.4 is 14.8 Å². The van der Waals surface area contributed by atoms with Crippen LogP contribution in [0.25, 0.3) is 10.9 Å². The highest BCUT2D eigenvalue weighted by Gasteiger charge is 2.25. The molecule has 156 valence electrons. The third kappa shape index (κ3) is 6.55. The molecular weight excluding hydrogens is 388 g/mol. The summed E-state index contributed by atoms with van der Waals surface area (Å²) in [5.41, 5.74) is 0.438. The first-order valence-corrected chi connectivity index (χ1v) is 10.6. The number of ether oxygens (including phenoxy) is 3. The van der Waals surface area contributed by atoms with E-state index >= 15 is 0 Å². The summed E-state index contributed by atoms with van der Waals surface area (Å²) in [5.74, 6) is 6.93. The predicted octanol–water partition coefficient (Wildman–Crippen LogP) is 3.55. The fourth-order valence-electron chi connectivity index (χ4n) is 2.75. The first kappa shape index (κ1) is 22.9. The smallest absolute Gasteiger partial charge is 0.272 e. The third-order valence-corrected chi connectivity index (χ3v) is 4.70. The zero-order valence-electron chi connectivity index (χ0n) is 17.8. The molecule has 2 aromatic rings. The molecule has 0 saturated heterocycles. The second kappa shape index (κ2) is 10.4. The van der Waals surface area contributed by atoms with Crippen LogP contribution in [-0.4, -0.2) is 48.4 Å². The number of thioether (sulfide) groups is 1. The van der Waals surface area contributed by atoms with Crippen LogP contribution >= 0.6 is 11.8 Å². The van der Waals surface area contributed by atoms with Gasteiger partial charge in [0.2, 0.25) is 5.44 Å². The number of methoxy groups -OCH3 is 1. The number of hydrogen-bond donors (Lipinski definition) is 1. The number of nitrogens with zero attached hydrogens (tertiary/aromatic N) is 1. The second-order valence-electron chi connectivity index (χ2n) is 6.95. The van der Waals surface area contributed by atoms with Crippen molar-refractivity contribution in [3.8, 4) is 23.3 Å². The van der Waals surface area contributed by atoms with Gasteiger partial charge in [0, 0.05) is 12.5 Å². The van der Waals surface area contributed by atoms with E-state index < -0.39 is 11.0 Å². The number of aromatic nitrogens is 1. The number of nitrogens with one attached hydrogen (secondary N) is 1. The molecule has 0 spiro atoms. The molecule has 29 heavy (non-hydrogen) atoms. The number of hydrogen-bond acceptors (Lipinski definition) is 6. The van der Waals surface area contributed by atoms with Crippen LogP contribution in [0.5, 0.6) is 11.5 Å². The number of amides is 1. The van der Waals surface area contributed by atoms with E-state index in [1.807, 2.05) is 52.1 Å². The Labute approximate surface area is 176 Å². The molecule has 0 aliphatic carbocycles. The Bertz CT molecular complexity index is 918. The van der Waals surface area contributed by atoms with Crippen molar-refractivity contribution < 1.29 is 19.0 Å². The summed E-state index contributed by atoms with van der Waals surface area (Å²) < 4.78 is 16.5. The SMILES string of the molecule is CCOc1cnc2c(C)cc(OC(SC)C(=O)NC(C)(C)C#CCOC)cc2c1. The van der Waals surface area contributed by atoms with E-state index in [9.17, 15) is 4.79 Å². The number of rotatable bonds is 8. The number of carbonyl (C=O) groups excluding carboxylic acids is 1. The van der Waals surface area contributed by atoms with Gasteiger partial charge in [0.25, 0.3) is 5.91 Å². The lowest BCUT2D eigenvalue weighted by Crippen LogP contribution is -2.47. The second-order valence-corrected chi connectivity index (χ2v) is 7.85. The van der Waals surface area contributed by atoms with Gasteiger partial charge >= 0.3 is 0 Å². The summed E-state index contributed by atoms with van der Waals surface area (Å²) in [4.78, 5) is 17.2. The van der Waals surface area contributed by atoms with Crippen LogP contribution in [0.2, 0.25) is 0 Å². The number of pyridine rings is 1. The lowest BCUT2D eigenvalue weighted by atomic mass is 10.1. The average Bonchev–Trinajstić information content (AvgIpc) is 2.65. The lowest BCUT2D eigenvalue weighted by molar-refractivity contribution is -0.125. The van der Waals surface area contributed by atoms with Gasteiger partial charge in [-0.3, -0.25) is 9.78 Å². The molecule has 1 amide bonds. The van der Waals surface area contributed by atoms with Crippen LogP contribution in [0.15, 0.2) is 24.4 Å². The fourth-order valence-corrected chi connectivity index (χ4v) is 3.23. The summed E-state index contributed by atoms with van der Waals surface area (Å²) in [6.07, 6.45) is 3.54. The highest BCUT2D eigenvalue weighted by Crippen LogP contribution is 2.28. The molecule has 7 heteroatoms. The third-order valence-electron chi connectivity index (χ3n) is 3.96. The van der Waals surface area contributed by atoms with Crippen molar-refractivity contribution in [2.45, 2.75) is 38.7 Å². The average molecular weight is 417 g/mol. The summed E-state index contributed by atoms with van der Waals surface area (Å²) in [5, 5.41) is 3.82. The molecule has 0 aliphatic heterocycles. The molecule has 1 N–H and O–H groups in total. The van der Waals surface area contributed by atoms with E-state index in [0.717, 1.165) is 16.5 Å². The number of aryl methyl sites for hydroxylation is 1. The van der Waals surface area contributed by atoms with E-state index in [-0.39, 0.29) is 5.91 Å². The van der Waals surface area contributed by atoms with Gasteiger partial charge in [0.05, 0.1) is 23.9 Å². The summed E-state index contributed by atoms with van der Waals surface area (Å²) in [6, 6.07) is 5.68. The Kier molecular flexibility index (Phi) is 8.18. The highest BCUT2D eigenvalue weighted by molar-refractivity contribution is 7.99. The van der Waals surface area contributed by atoms with Gasteiger partial charge < -0.3 is 19.5 Å². The topological polar surface area (TPSA) is 69.7 Å². The molecule has 0 aliphatic rings. The lowest BCUT2D eigenvalue weighted by Gasteiger charge is -2.24. The van der Waals surface area contributed by atoms with Crippen LogP contribution in [0.4, 0.5) is 0 Å². The van der Waals surface area contributed by atoms with Crippen molar-refractivity contribution in [3.63, 3.8) is 0 Å². The van der Waals surface area contributed by atoms with Crippen LogP contribution in [0.3, 0.4) is 0 Å². The molecule has 1 aromatic heterocycles. The summed E-state index contributed by atoms with van der Waals surface area (Å²) in [7, 11) is 1.58. The molecular formula is C22H28N2O4S. The molecule has 2 rings (SSSR count). The molecule has 0 fully saturated rings. The van der Waals surface area contributed by atoms with Gasteiger partial charge in [-0.15, -0.1) is 11.8 Å². The van der Waals surface area contributed by atoms with Crippen LogP contribution in [0, 0.1) is 18.8 Å². The molecule has 6 nitrogen and oxygen atoms in total. The largest absolute Gasteiger partial charge is 0.492 e. The van der Waals surface area contributed by atoms with Crippen molar-refractivity contribution in [1.82, 2.24) is 10.3 Å². The fraction of sp³-hybridized carbons (Fsp3) is 0.455. The van der Waals surface area contributed by atoms with Crippen molar-refractivity contribution in [1.29, 1.82) is 0 Å². The van der Waals surface area contributed by atoms with Crippen molar-refractivity contribution >= 4 is 28.6 Å². The summed E-state index contributed by atoms with van der Waals surface area (Å²) >= 11 is 1.32. The quantitative estimate of drug-likeness (QED) is 0.524. The maximum absolute atomic E-state index is 12.7. The van der Waals surface area contributed by atoms with Crippen molar-refractivity contribution in [2.75, 3.05) is 26.6 Å². The molecule has 0 saturated carbocycles. The maximum Gasteiger partial charge on any atom is 0.272 e. The van der Waals surface area contributed by atoms with Crippen LogP contribution in [0.1, 0.15) is 26.3 Å². The zero-order chi connectivity index (χ0) is 21.4. The minimum absolute atomic E-state index is 0.242. The maximum atomic E-state index is 12.7. The Morgan fingerprint density at radius 1 is 1.31 bits per heavy atom. The van der Waals surface area contributed by atoms with Gasteiger partial charge in [0.1, 0.15) is 18.1 Å². The monoisotopic (exact) mass is 416 g/mol. The molecule has 0 bridgehead atoms. The Morgan fingerprint density at radius 3 is 2.69 bits per heavy atom. The van der Waals surface area contributed by atoms with Crippen LogP contribution in [-0.2, 0) is 9.53 Å². The summed E-state index contributed by atoms with van der Waals surface area (Å²) in [6.45, 7) is 8.46. The van der Waals surface area contributed by atoms with Gasteiger partial charge in [0.15, 0.2) is 0 Å². The Hall–Kier alpha value is -2.43. The standard InChI is InChI=1S/C22H28N2O4S/c1-7-27-18-13-16-12-17(11-15(2)19(16)23-14-18)28-21(29-6)20(25)24-22(3,4)9-8-10-26-5/h11-14,21H,7,10H2,1-6H3,(H,24,25). The molecule has 0 radical (unpaired) electrons. The van der Waals surface area contributed by atoms with E-state index in [1.165, 1.54) is 11.8 Å². The zero-order valence-corrected chi connectivity index (χ0v) is 18.6. The number of benzene rings is 1. The number of fused-ring (bicyclic) bond motifs is 1. The van der Waals surface area contributed by atoms with E-state index in [4.69, 9.17) is 14.2 Å².